The monoisotopic (exact) mass is 355 g/mol. The molecule has 124 valence electrons. The number of thioether (sulfide) groups is 1. The molecule has 0 spiro atoms. The Labute approximate surface area is 144 Å². The second kappa shape index (κ2) is 7.70. The minimum Gasteiger partial charge on any atom is -0.495 e. The fourth-order valence-electron chi connectivity index (χ4n) is 2.06. The molecular formula is C15H18ClN3O3S. The van der Waals surface area contributed by atoms with E-state index in [9.17, 15) is 9.59 Å². The molecule has 8 heteroatoms. The molecule has 1 heterocycles. The van der Waals surface area contributed by atoms with Gasteiger partial charge >= 0.3 is 0 Å². The molecule has 2 N–H and O–H groups in total. The van der Waals surface area contributed by atoms with Crippen molar-refractivity contribution in [3.63, 3.8) is 0 Å². The lowest BCUT2D eigenvalue weighted by molar-refractivity contribution is -0.122. The van der Waals surface area contributed by atoms with Gasteiger partial charge in [0.1, 0.15) is 11.0 Å². The number of rotatable bonds is 5. The topological polar surface area (TPSA) is 79.8 Å². The van der Waals surface area contributed by atoms with Crippen molar-refractivity contribution in [2.45, 2.75) is 25.5 Å². The van der Waals surface area contributed by atoms with Crippen molar-refractivity contribution in [3.05, 3.63) is 22.7 Å². The molecule has 1 aromatic carbocycles. The van der Waals surface area contributed by atoms with Crippen LogP contribution in [0.3, 0.4) is 0 Å². The van der Waals surface area contributed by atoms with E-state index in [1.54, 1.807) is 12.1 Å². The molecule has 1 aliphatic rings. The first-order valence-electron chi connectivity index (χ1n) is 7.10. The van der Waals surface area contributed by atoms with Crippen LogP contribution in [0.25, 0.3) is 0 Å². The molecule has 1 saturated heterocycles. The van der Waals surface area contributed by atoms with Crippen LogP contribution >= 0.6 is 23.4 Å². The molecule has 23 heavy (non-hydrogen) atoms. The fraction of sp³-hybridized carbons (Fsp3) is 0.400. The minimum absolute atomic E-state index is 0.0596. The van der Waals surface area contributed by atoms with Crippen molar-refractivity contribution >= 4 is 46.0 Å². The number of halogens is 1. The van der Waals surface area contributed by atoms with E-state index in [0.29, 0.717) is 28.2 Å². The first-order valence-corrected chi connectivity index (χ1v) is 8.36. The Morgan fingerprint density at radius 3 is 2.91 bits per heavy atom. The van der Waals surface area contributed by atoms with Crippen LogP contribution < -0.4 is 15.4 Å². The van der Waals surface area contributed by atoms with Gasteiger partial charge in [0.2, 0.25) is 11.8 Å². The summed E-state index contributed by atoms with van der Waals surface area (Å²) in [6.07, 6.45) is 0.0596. The van der Waals surface area contributed by atoms with E-state index >= 15 is 0 Å². The second-order valence-electron chi connectivity index (χ2n) is 4.93. The lowest BCUT2D eigenvalue weighted by atomic mass is 10.2. The number of aliphatic imine (C=N–C) groups is 1. The summed E-state index contributed by atoms with van der Waals surface area (Å²) in [6.45, 7) is 4.31. The number of carbonyl (C=O) groups excluding carboxylic acids is 2. The first kappa shape index (κ1) is 17.6. The molecule has 0 bridgehead atoms. The Balaban J connectivity index is 2.04. The summed E-state index contributed by atoms with van der Waals surface area (Å²) < 4.78 is 5.22. The van der Waals surface area contributed by atoms with Crippen LogP contribution in [0.5, 0.6) is 5.75 Å². The Hall–Kier alpha value is -1.73. The lowest BCUT2D eigenvalue weighted by Crippen LogP contribution is -2.28. The molecule has 2 rings (SSSR count). The van der Waals surface area contributed by atoms with Gasteiger partial charge in [-0.15, -0.1) is 0 Å². The number of aryl methyl sites for hydroxylation is 1. The highest BCUT2D eigenvalue weighted by atomic mass is 35.5. The van der Waals surface area contributed by atoms with Crippen LogP contribution in [0.4, 0.5) is 5.69 Å². The van der Waals surface area contributed by atoms with Gasteiger partial charge in [0.05, 0.1) is 12.8 Å². The van der Waals surface area contributed by atoms with Gasteiger partial charge < -0.3 is 15.4 Å². The van der Waals surface area contributed by atoms with E-state index in [4.69, 9.17) is 16.3 Å². The average molecular weight is 356 g/mol. The van der Waals surface area contributed by atoms with Gasteiger partial charge in [-0.1, -0.05) is 23.4 Å². The van der Waals surface area contributed by atoms with Crippen molar-refractivity contribution in [2.75, 3.05) is 19.0 Å². The standard InChI is InChI=1S/C15H18ClN3O3S/c1-4-17-15-19-14(21)12(23-15)7-13(20)18-10-5-8(2)9(16)6-11(10)22-3/h5-6,12H,4,7H2,1-3H3,(H,18,20)(H,17,19,21)/t12-/m0/s1. The highest BCUT2D eigenvalue weighted by Gasteiger charge is 2.32. The molecule has 6 nitrogen and oxygen atoms in total. The van der Waals surface area contributed by atoms with Gasteiger partial charge in [-0.25, -0.2) is 0 Å². The number of nitrogens with one attached hydrogen (secondary N) is 2. The van der Waals surface area contributed by atoms with Gasteiger partial charge in [0.15, 0.2) is 5.17 Å². The molecule has 0 aliphatic carbocycles. The van der Waals surface area contributed by atoms with Crippen LogP contribution in [0, 0.1) is 6.92 Å². The molecule has 0 aromatic heterocycles. The van der Waals surface area contributed by atoms with E-state index in [1.807, 2.05) is 13.8 Å². The Kier molecular flexibility index (Phi) is 5.90. The summed E-state index contributed by atoms with van der Waals surface area (Å²) in [5.74, 6) is 0.0118. The van der Waals surface area contributed by atoms with Crippen LogP contribution in [-0.2, 0) is 9.59 Å². The number of methoxy groups -OCH3 is 1. The van der Waals surface area contributed by atoms with Crippen LogP contribution in [-0.4, -0.2) is 35.9 Å². The summed E-state index contributed by atoms with van der Waals surface area (Å²) in [7, 11) is 1.50. The summed E-state index contributed by atoms with van der Waals surface area (Å²) >= 11 is 7.32. The molecule has 1 aromatic rings. The third-order valence-corrected chi connectivity index (χ3v) is 4.73. The fourth-order valence-corrected chi connectivity index (χ4v) is 3.24. The van der Waals surface area contributed by atoms with Crippen molar-refractivity contribution < 1.29 is 14.3 Å². The van der Waals surface area contributed by atoms with Gasteiger partial charge in [0, 0.05) is 24.1 Å². The van der Waals surface area contributed by atoms with E-state index in [1.165, 1.54) is 18.9 Å². The summed E-state index contributed by atoms with van der Waals surface area (Å²) in [4.78, 5) is 28.2. The predicted molar refractivity (Wildman–Crippen MR) is 93.5 cm³/mol. The summed E-state index contributed by atoms with van der Waals surface area (Å²) in [5, 5.41) is 6.09. The van der Waals surface area contributed by atoms with Gasteiger partial charge in [-0.2, -0.15) is 0 Å². The quantitative estimate of drug-likeness (QED) is 0.850. The Morgan fingerprint density at radius 1 is 1.52 bits per heavy atom. The zero-order valence-electron chi connectivity index (χ0n) is 13.1. The number of amides is 2. The molecule has 1 atom stereocenters. The van der Waals surface area contributed by atoms with Gasteiger partial charge in [0.25, 0.3) is 0 Å². The van der Waals surface area contributed by atoms with Gasteiger partial charge in [-0.3, -0.25) is 14.6 Å². The van der Waals surface area contributed by atoms with Crippen molar-refractivity contribution in [2.24, 2.45) is 4.99 Å². The molecule has 0 unspecified atom stereocenters. The van der Waals surface area contributed by atoms with E-state index in [-0.39, 0.29) is 18.2 Å². The predicted octanol–water partition coefficient (Wildman–Crippen LogP) is 2.59. The van der Waals surface area contributed by atoms with E-state index in [2.05, 4.69) is 15.6 Å². The molecule has 1 fully saturated rings. The number of ether oxygens (including phenoxy) is 1. The molecule has 0 saturated carbocycles. The number of hydrogen-bond donors (Lipinski definition) is 2. The average Bonchev–Trinajstić information content (AvgIpc) is 2.82. The molecule has 0 radical (unpaired) electrons. The number of nitrogens with zero attached hydrogens (tertiary/aromatic N) is 1. The molecule has 1 aliphatic heterocycles. The van der Waals surface area contributed by atoms with Gasteiger partial charge in [-0.05, 0) is 25.5 Å². The van der Waals surface area contributed by atoms with E-state index in [0.717, 1.165) is 5.56 Å². The summed E-state index contributed by atoms with van der Waals surface area (Å²) in [5.41, 5.74) is 1.36. The van der Waals surface area contributed by atoms with E-state index < -0.39 is 5.25 Å². The first-order chi connectivity index (χ1) is 10.9. The third kappa shape index (κ3) is 4.39. The highest BCUT2D eigenvalue weighted by Crippen LogP contribution is 2.31. The maximum Gasteiger partial charge on any atom is 0.240 e. The van der Waals surface area contributed by atoms with Crippen molar-refractivity contribution in [3.8, 4) is 5.75 Å². The van der Waals surface area contributed by atoms with Crippen LogP contribution in [0.2, 0.25) is 5.02 Å². The Bertz CT molecular complexity index is 664. The molecule has 2 amide bonds. The van der Waals surface area contributed by atoms with Crippen LogP contribution in [0.15, 0.2) is 17.1 Å². The summed E-state index contributed by atoms with van der Waals surface area (Å²) in [6, 6.07) is 3.39. The number of benzene rings is 1. The SMILES string of the molecule is CCN=C1NC(=O)[C@H](CC(=O)Nc2cc(C)c(Cl)cc2OC)S1. The van der Waals surface area contributed by atoms with Crippen molar-refractivity contribution in [1.82, 2.24) is 5.32 Å². The highest BCUT2D eigenvalue weighted by molar-refractivity contribution is 8.15. The maximum absolute atomic E-state index is 12.2. The van der Waals surface area contributed by atoms with Crippen molar-refractivity contribution in [1.29, 1.82) is 0 Å². The number of carbonyl (C=O) groups is 2. The zero-order chi connectivity index (χ0) is 17.0. The smallest absolute Gasteiger partial charge is 0.240 e. The normalized spacial score (nSPS) is 18.9. The number of anilines is 1. The number of hydrogen-bond acceptors (Lipinski definition) is 5. The maximum atomic E-state index is 12.2. The zero-order valence-corrected chi connectivity index (χ0v) is 14.7. The van der Waals surface area contributed by atoms with Crippen LogP contribution in [0.1, 0.15) is 18.9 Å². The largest absolute Gasteiger partial charge is 0.495 e. The minimum atomic E-state index is -0.473. The second-order valence-corrected chi connectivity index (χ2v) is 6.53. The third-order valence-electron chi connectivity index (χ3n) is 3.20. The Morgan fingerprint density at radius 2 is 2.26 bits per heavy atom. The lowest BCUT2D eigenvalue weighted by Gasteiger charge is -2.13. The molecular weight excluding hydrogens is 338 g/mol. The number of amidine groups is 1.